The molecule has 0 radical (unpaired) electrons. The molecule has 0 bridgehead atoms. The Kier molecular flexibility index (Phi) is 5.49. The van der Waals surface area contributed by atoms with Crippen LogP contribution in [-0.2, 0) is 13.0 Å². The topological polar surface area (TPSA) is 41.0 Å². The van der Waals surface area contributed by atoms with E-state index in [9.17, 15) is 0 Å². The lowest BCUT2D eigenvalue weighted by Gasteiger charge is -2.15. The van der Waals surface area contributed by atoms with E-state index >= 15 is 0 Å². The molecule has 4 nitrogen and oxygen atoms in total. The molecule has 108 valence electrons. The first-order valence-corrected chi connectivity index (χ1v) is 7.79. The maximum absolute atomic E-state index is 4.67. The summed E-state index contributed by atoms with van der Waals surface area (Å²) < 4.78 is 0. The second kappa shape index (κ2) is 7.36. The zero-order valence-electron chi connectivity index (χ0n) is 12.4. The molecule has 0 aliphatic carbocycles. The van der Waals surface area contributed by atoms with E-state index in [0.29, 0.717) is 0 Å². The third-order valence-electron chi connectivity index (χ3n) is 3.23. The van der Waals surface area contributed by atoms with Gasteiger partial charge in [-0.1, -0.05) is 6.92 Å². The Hall–Kier alpha value is -1.46. The van der Waals surface area contributed by atoms with Crippen LogP contribution in [0.25, 0.3) is 0 Å². The first-order valence-electron chi connectivity index (χ1n) is 6.97. The van der Waals surface area contributed by atoms with E-state index < -0.39 is 0 Å². The molecule has 0 aliphatic heterocycles. The molecule has 2 rings (SSSR count). The minimum absolute atomic E-state index is 0.915. The van der Waals surface area contributed by atoms with Crippen LogP contribution in [0.1, 0.15) is 23.1 Å². The molecule has 0 unspecified atom stereocenters. The fourth-order valence-electron chi connectivity index (χ4n) is 1.92. The lowest BCUT2D eigenvalue weighted by molar-refractivity contribution is 0.731. The lowest BCUT2D eigenvalue weighted by Crippen LogP contribution is -2.20. The molecular formula is C15H22N4S. The summed E-state index contributed by atoms with van der Waals surface area (Å²) in [6.07, 6.45) is 4.70. The molecule has 0 fully saturated rings. The zero-order valence-corrected chi connectivity index (χ0v) is 13.2. The average Bonchev–Trinajstić information content (AvgIpc) is 2.85. The molecule has 2 heterocycles. The summed E-state index contributed by atoms with van der Waals surface area (Å²) in [6.45, 7) is 7.09. The van der Waals surface area contributed by atoms with Gasteiger partial charge in [0, 0.05) is 37.4 Å². The normalized spacial score (nSPS) is 10.8. The van der Waals surface area contributed by atoms with Gasteiger partial charge >= 0.3 is 0 Å². The number of pyridine rings is 1. The van der Waals surface area contributed by atoms with Gasteiger partial charge in [0.05, 0.1) is 5.69 Å². The Labute approximate surface area is 124 Å². The van der Waals surface area contributed by atoms with Crippen LogP contribution >= 0.6 is 11.3 Å². The van der Waals surface area contributed by atoms with Crippen LogP contribution in [0.2, 0.25) is 0 Å². The van der Waals surface area contributed by atoms with Crippen LogP contribution in [-0.4, -0.2) is 30.1 Å². The number of hydrogen-bond acceptors (Lipinski definition) is 5. The quantitative estimate of drug-likeness (QED) is 0.851. The van der Waals surface area contributed by atoms with Gasteiger partial charge in [-0.3, -0.25) is 4.98 Å². The number of aryl methyl sites for hydroxylation is 1. The van der Waals surface area contributed by atoms with Gasteiger partial charge in [0.25, 0.3) is 0 Å². The molecule has 2 aromatic heterocycles. The Balaban J connectivity index is 1.93. The highest BCUT2D eigenvalue weighted by Crippen LogP contribution is 2.25. The van der Waals surface area contributed by atoms with Crippen LogP contribution in [0.15, 0.2) is 24.5 Å². The fourth-order valence-corrected chi connectivity index (χ4v) is 2.94. The summed E-state index contributed by atoms with van der Waals surface area (Å²) in [6, 6.07) is 4.13. The molecule has 0 aromatic carbocycles. The van der Waals surface area contributed by atoms with Crippen molar-refractivity contribution in [1.82, 2.24) is 15.3 Å². The summed E-state index contributed by atoms with van der Waals surface area (Å²) in [5.74, 6) is 0. The summed E-state index contributed by atoms with van der Waals surface area (Å²) in [5.41, 5.74) is 2.45. The monoisotopic (exact) mass is 290 g/mol. The van der Waals surface area contributed by atoms with Crippen molar-refractivity contribution in [3.63, 3.8) is 0 Å². The second-order valence-corrected chi connectivity index (χ2v) is 5.87. The predicted octanol–water partition coefficient (Wildman–Crippen LogP) is 2.63. The van der Waals surface area contributed by atoms with E-state index in [1.165, 1.54) is 10.4 Å². The van der Waals surface area contributed by atoms with Gasteiger partial charge in [-0.05, 0) is 37.6 Å². The standard InChI is InChI=1S/C15H22N4S/c1-4-16-11-14-12(2)18-15(20-14)19(3)10-7-13-5-8-17-9-6-13/h5-6,8-9,16H,4,7,10-11H2,1-3H3. The molecule has 0 aliphatic rings. The SMILES string of the molecule is CCNCc1sc(N(C)CCc2ccncc2)nc1C. The Morgan fingerprint density at radius 3 is 2.75 bits per heavy atom. The van der Waals surface area contributed by atoms with E-state index in [1.54, 1.807) is 11.3 Å². The van der Waals surface area contributed by atoms with Gasteiger partial charge < -0.3 is 10.2 Å². The van der Waals surface area contributed by atoms with E-state index in [-0.39, 0.29) is 0 Å². The van der Waals surface area contributed by atoms with Crippen molar-refractivity contribution in [3.05, 3.63) is 40.7 Å². The third-order valence-corrected chi connectivity index (χ3v) is 4.50. The molecule has 1 N–H and O–H groups in total. The van der Waals surface area contributed by atoms with Gasteiger partial charge in [-0.25, -0.2) is 4.98 Å². The first kappa shape index (κ1) is 14.9. The van der Waals surface area contributed by atoms with Gasteiger partial charge in [0.15, 0.2) is 5.13 Å². The molecule has 20 heavy (non-hydrogen) atoms. The molecule has 0 spiro atoms. The smallest absolute Gasteiger partial charge is 0.185 e. The van der Waals surface area contributed by atoms with Gasteiger partial charge in [-0.15, -0.1) is 11.3 Å². The van der Waals surface area contributed by atoms with E-state index in [1.807, 2.05) is 12.4 Å². The number of aromatic nitrogens is 2. The van der Waals surface area contributed by atoms with Crippen molar-refractivity contribution in [2.75, 3.05) is 25.0 Å². The summed E-state index contributed by atoms with van der Waals surface area (Å²) in [7, 11) is 2.11. The van der Waals surface area contributed by atoms with Gasteiger partial charge in [0.2, 0.25) is 0 Å². The van der Waals surface area contributed by atoms with Crippen LogP contribution in [0.5, 0.6) is 0 Å². The van der Waals surface area contributed by atoms with Gasteiger partial charge in [-0.2, -0.15) is 0 Å². The summed E-state index contributed by atoms with van der Waals surface area (Å²) >= 11 is 1.78. The maximum atomic E-state index is 4.67. The maximum Gasteiger partial charge on any atom is 0.185 e. The minimum Gasteiger partial charge on any atom is -0.351 e. The molecule has 2 aromatic rings. The fraction of sp³-hybridized carbons (Fsp3) is 0.467. The number of thiazole rings is 1. The molecule has 0 atom stereocenters. The first-order chi connectivity index (χ1) is 9.70. The zero-order chi connectivity index (χ0) is 14.4. The van der Waals surface area contributed by atoms with E-state index in [0.717, 1.165) is 36.9 Å². The molecule has 0 saturated heterocycles. The molecule has 5 heteroatoms. The highest BCUT2D eigenvalue weighted by molar-refractivity contribution is 7.15. The number of nitrogens with zero attached hydrogens (tertiary/aromatic N) is 3. The number of hydrogen-bond donors (Lipinski definition) is 1. The number of nitrogens with one attached hydrogen (secondary N) is 1. The van der Waals surface area contributed by atoms with Crippen molar-refractivity contribution in [1.29, 1.82) is 0 Å². The number of likely N-dealkylation sites (N-methyl/N-ethyl adjacent to an activating group) is 1. The Bertz CT molecular complexity index is 524. The van der Waals surface area contributed by atoms with Crippen molar-refractivity contribution in [2.45, 2.75) is 26.8 Å². The lowest BCUT2D eigenvalue weighted by atomic mass is 10.2. The molecule has 0 saturated carbocycles. The van der Waals surface area contributed by atoms with Crippen LogP contribution in [0.3, 0.4) is 0 Å². The molecular weight excluding hydrogens is 268 g/mol. The van der Waals surface area contributed by atoms with Crippen LogP contribution < -0.4 is 10.2 Å². The summed E-state index contributed by atoms with van der Waals surface area (Å²) in [4.78, 5) is 12.3. The largest absolute Gasteiger partial charge is 0.351 e. The van der Waals surface area contributed by atoms with Crippen molar-refractivity contribution in [2.24, 2.45) is 0 Å². The molecule has 0 amide bonds. The van der Waals surface area contributed by atoms with Crippen molar-refractivity contribution < 1.29 is 0 Å². The highest BCUT2D eigenvalue weighted by Gasteiger charge is 2.10. The number of anilines is 1. The summed E-state index contributed by atoms with van der Waals surface area (Å²) in [5, 5.41) is 4.46. The predicted molar refractivity (Wildman–Crippen MR) is 85.4 cm³/mol. The Morgan fingerprint density at radius 1 is 1.30 bits per heavy atom. The average molecular weight is 290 g/mol. The number of rotatable bonds is 7. The Morgan fingerprint density at radius 2 is 2.05 bits per heavy atom. The van der Waals surface area contributed by atoms with Crippen molar-refractivity contribution in [3.8, 4) is 0 Å². The van der Waals surface area contributed by atoms with E-state index in [4.69, 9.17) is 0 Å². The third kappa shape index (κ3) is 4.02. The van der Waals surface area contributed by atoms with Crippen LogP contribution in [0.4, 0.5) is 5.13 Å². The second-order valence-electron chi connectivity index (χ2n) is 4.81. The van der Waals surface area contributed by atoms with Gasteiger partial charge in [0.1, 0.15) is 0 Å². The highest BCUT2D eigenvalue weighted by atomic mass is 32.1. The van der Waals surface area contributed by atoms with Crippen LogP contribution in [0, 0.1) is 6.92 Å². The van der Waals surface area contributed by atoms with E-state index in [2.05, 4.69) is 53.2 Å². The minimum atomic E-state index is 0.915. The van der Waals surface area contributed by atoms with Crippen molar-refractivity contribution >= 4 is 16.5 Å².